The lowest BCUT2D eigenvalue weighted by molar-refractivity contribution is 0.414. The van der Waals surface area contributed by atoms with Crippen molar-refractivity contribution in [1.82, 2.24) is 0 Å². The van der Waals surface area contributed by atoms with Crippen LogP contribution in [-0.2, 0) is 0 Å². The van der Waals surface area contributed by atoms with Gasteiger partial charge in [-0.15, -0.1) is 0 Å². The monoisotopic (exact) mass is 234 g/mol. The highest BCUT2D eigenvalue weighted by atomic mass is 16.5. The van der Waals surface area contributed by atoms with E-state index < -0.39 is 0 Å². The molecule has 1 aromatic rings. The molecule has 2 N–H and O–H groups in total. The highest BCUT2D eigenvalue weighted by Crippen LogP contribution is 2.25. The van der Waals surface area contributed by atoms with Gasteiger partial charge in [-0.1, -0.05) is 12.7 Å². The number of ether oxygens (including phenoxy) is 1. The van der Waals surface area contributed by atoms with Crippen molar-refractivity contribution in [2.75, 3.05) is 32.1 Å². The first-order valence-electron chi connectivity index (χ1n) is 5.94. The number of hydrogen-bond acceptors (Lipinski definition) is 3. The second-order valence-electron chi connectivity index (χ2n) is 4.05. The summed E-state index contributed by atoms with van der Waals surface area (Å²) < 4.78 is 5.21. The van der Waals surface area contributed by atoms with Gasteiger partial charge in [-0.3, -0.25) is 0 Å². The van der Waals surface area contributed by atoms with Gasteiger partial charge in [-0.2, -0.15) is 0 Å². The molecule has 0 saturated carbocycles. The van der Waals surface area contributed by atoms with Gasteiger partial charge >= 0.3 is 0 Å². The maximum Gasteiger partial charge on any atom is 0.119 e. The molecular weight excluding hydrogens is 212 g/mol. The zero-order valence-corrected chi connectivity index (χ0v) is 10.8. The van der Waals surface area contributed by atoms with Crippen LogP contribution in [0.2, 0.25) is 0 Å². The minimum Gasteiger partial charge on any atom is -0.497 e. The zero-order chi connectivity index (χ0) is 12.7. The van der Waals surface area contributed by atoms with Crippen LogP contribution in [-0.4, -0.2) is 27.2 Å². The molecule has 3 heteroatoms. The first kappa shape index (κ1) is 13.6. The maximum atomic E-state index is 5.50. The van der Waals surface area contributed by atoms with E-state index in [0.717, 1.165) is 37.2 Å². The van der Waals surface area contributed by atoms with E-state index >= 15 is 0 Å². The van der Waals surface area contributed by atoms with E-state index in [2.05, 4.69) is 24.6 Å². The summed E-state index contributed by atoms with van der Waals surface area (Å²) in [4.78, 5) is 2.23. The van der Waals surface area contributed by atoms with Crippen LogP contribution in [0.5, 0.6) is 5.75 Å². The Morgan fingerprint density at radius 1 is 1.41 bits per heavy atom. The summed E-state index contributed by atoms with van der Waals surface area (Å²) in [5.41, 5.74) is 7.77. The Labute approximate surface area is 104 Å². The fourth-order valence-corrected chi connectivity index (χ4v) is 1.78. The molecule has 0 radical (unpaired) electrons. The number of hydrogen-bond donors (Lipinski definition) is 1. The molecule has 0 aliphatic carbocycles. The van der Waals surface area contributed by atoms with Gasteiger partial charge < -0.3 is 15.4 Å². The molecule has 17 heavy (non-hydrogen) atoms. The molecule has 0 aliphatic rings. The van der Waals surface area contributed by atoms with E-state index in [1.807, 2.05) is 18.2 Å². The van der Waals surface area contributed by atoms with E-state index in [1.54, 1.807) is 7.11 Å². The summed E-state index contributed by atoms with van der Waals surface area (Å²) in [6, 6.07) is 6.04. The predicted octanol–water partition coefficient (Wildman–Crippen LogP) is 2.51. The summed E-state index contributed by atoms with van der Waals surface area (Å²) in [6.07, 6.45) is 4.02. The molecule has 1 aromatic carbocycles. The summed E-state index contributed by atoms with van der Waals surface area (Å²) in [7, 11) is 3.76. The minimum atomic E-state index is 0.755. The molecule has 3 nitrogen and oxygen atoms in total. The fraction of sp³-hybridized carbons (Fsp3) is 0.429. The molecule has 0 atom stereocenters. The van der Waals surface area contributed by atoms with Crippen LogP contribution < -0.4 is 15.4 Å². The van der Waals surface area contributed by atoms with E-state index in [-0.39, 0.29) is 0 Å². The topological polar surface area (TPSA) is 38.5 Å². The Morgan fingerprint density at radius 3 is 2.76 bits per heavy atom. The van der Waals surface area contributed by atoms with Crippen molar-refractivity contribution in [2.24, 2.45) is 5.73 Å². The third-order valence-corrected chi connectivity index (χ3v) is 2.81. The molecule has 0 amide bonds. The van der Waals surface area contributed by atoms with Gasteiger partial charge in [0.25, 0.3) is 0 Å². The van der Waals surface area contributed by atoms with Crippen LogP contribution in [0.15, 0.2) is 24.8 Å². The highest BCUT2D eigenvalue weighted by Gasteiger charge is 2.06. The predicted molar refractivity (Wildman–Crippen MR) is 74.6 cm³/mol. The number of benzene rings is 1. The van der Waals surface area contributed by atoms with Gasteiger partial charge in [0.2, 0.25) is 0 Å². The number of nitrogens with zero attached hydrogens (tertiary/aromatic N) is 1. The van der Waals surface area contributed by atoms with Crippen molar-refractivity contribution in [3.8, 4) is 5.75 Å². The molecule has 0 heterocycles. The van der Waals surface area contributed by atoms with Crippen molar-refractivity contribution in [2.45, 2.75) is 12.8 Å². The van der Waals surface area contributed by atoms with Crippen LogP contribution in [0.25, 0.3) is 6.08 Å². The molecule has 1 rings (SSSR count). The third kappa shape index (κ3) is 3.79. The van der Waals surface area contributed by atoms with E-state index in [0.29, 0.717) is 0 Å². The second kappa shape index (κ2) is 6.97. The molecule has 94 valence electrons. The van der Waals surface area contributed by atoms with Crippen LogP contribution in [0.4, 0.5) is 5.69 Å². The first-order valence-corrected chi connectivity index (χ1v) is 5.94. The Morgan fingerprint density at radius 2 is 2.18 bits per heavy atom. The SMILES string of the molecule is C=Cc1cc(OC)ccc1N(C)CCCCN. The van der Waals surface area contributed by atoms with E-state index in [4.69, 9.17) is 10.5 Å². The van der Waals surface area contributed by atoms with Crippen molar-refractivity contribution in [1.29, 1.82) is 0 Å². The van der Waals surface area contributed by atoms with Crippen LogP contribution in [0, 0.1) is 0 Å². The average Bonchev–Trinajstić information content (AvgIpc) is 2.38. The average molecular weight is 234 g/mol. The summed E-state index contributed by atoms with van der Waals surface area (Å²) in [6.45, 7) is 5.60. The Balaban J connectivity index is 2.78. The van der Waals surface area contributed by atoms with E-state index in [1.165, 1.54) is 5.69 Å². The summed E-state index contributed by atoms with van der Waals surface area (Å²) in [5, 5.41) is 0. The fourth-order valence-electron chi connectivity index (χ4n) is 1.78. The highest BCUT2D eigenvalue weighted by molar-refractivity contribution is 5.68. The van der Waals surface area contributed by atoms with Crippen LogP contribution >= 0.6 is 0 Å². The molecule has 0 aromatic heterocycles. The van der Waals surface area contributed by atoms with Gasteiger partial charge in [0.15, 0.2) is 0 Å². The lowest BCUT2D eigenvalue weighted by Gasteiger charge is -2.21. The lowest BCUT2D eigenvalue weighted by Crippen LogP contribution is -2.20. The number of unbranched alkanes of at least 4 members (excludes halogenated alkanes) is 1. The van der Waals surface area contributed by atoms with Gasteiger partial charge in [0.1, 0.15) is 5.75 Å². The Kier molecular flexibility index (Phi) is 5.57. The second-order valence-corrected chi connectivity index (χ2v) is 4.05. The van der Waals surface area contributed by atoms with Gasteiger partial charge in [0, 0.05) is 24.8 Å². The molecule has 0 fully saturated rings. The number of anilines is 1. The van der Waals surface area contributed by atoms with E-state index in [9.17, 15) is 0 Å². The van der Waals surface area contributed by atoms with Crippen molar-refractivity contribution < 1.29 is 4.74 Å². The quantitative estimate of drug-likeness (QED) is 0.737. The first-order chi connectivity index (χ1) is 8.22. The standard InChI is InChI=1S/C14H22N2O/c1-4-12-11-13(17-3)7-8-14(12)16(2)10-6-5-9-15/h4,7-8,11H,1,5-6,9-10,15H2,2-3H3. The summed E-state index contributed by atoms with van der Waals surface area (Å²) in [5.74, 6) is 0.860. The Bertz CT molecular complexity index is 363. The minimum absolute atomic E-state index is 0.755. The number of rotatable bonds is 7. The number of nitrogens with two attached hydrogens (primary N) is 1. The zero-order valence-electron chi connectivity index (χ0n) is 10.8. The van der Waals surface area contributed by atoms with Crippen molar-refractivity contribution in [3.63, 3.8) is 0 Å². The molecule has 0 bridgehead atoms. The largest absolute Gasteiger partial charge is 0.497 e. The van der Waals surface area contributed by atoms with Gasteiger partial charge in [-0.25, -0.2) is 0 Å². The number of methoxy groups -OCH3 is 1. The molecule has 0 saturated heterocycles. The lowest BCUT2D eigenvalue weighted by atomic mass is 10.1. The van der Waals surface area contributed by atoms with Gasteiger partial charge in [0.05, 0.1) is 7.11 Å². The van der Waals surface area contributed by atoms with Gasteiger partial charge in [-0.05, 0) is 37.6 Å². The van der Waals surface area contributed by atoms with Crippen molar-refractivity contribution >= 4 is 11.8 Å². The van der Waals surface area contributed by atoms with Crippen LogP contribution in [0.1, 0.15) is 18.4 Å². The van der Waals surface area contributed by atoms with Crippen LogP contribution in [0.3, 0.4) is 0 Å². The Hall–Kier alpha value is -1.48. The maximum absolute atomic E-state index is 5.50. The third-order valence-electron chi connectivity index (χ3n) is 2.81. The summed E-state index contributed by atoms with van der Waals surface area (Å²) >= 11 is 0. The molecule has 0 unspecified atom stereocenters. The molecular formula is C14H22N2O. The van der Waals surface area contributed by atoms with Crippen molar-refractivity contribution in [3.05, 3.63) is 30.3 Å². The molecule has 0 aliphatic heterocycles. The molecule has 0 spiro atoms. The smallest absolute Gasteiger partial charge is 0.119 e. The normalized spacial score (nSPS) is 10.1.